The molecule has 0 aliphatic carbocycles. The van der Waals surface area contributed by atoms with Crippen LogP contribution in [-0.4, -0.2) is 24.0 Å². The van der Waals surface area contributed by atoms with Crippen LogP contribution in [0.25, 0.3) is 6.08 Å². The van der Waals surface area contributed by atoms with Crippen molar-refractivity contribution in [3.05, 3.63) is 94.8 Å². The van der Waals surface area contributed by atoms with Gasteiger partial charge < -0.3 is 9.47 Å². The molecule has 0 saturated carbocycles. The molecule has 35 heavy (non-hydrogen) atoms. The van der Waals surface area contributed by atoms with E-state index in [0.29, 0.717) is 22.7 Å². The molecule has 3 aromatic carbocycles. The molecule has 1 fully saturated rings. The Morgan fingerprint density at radius 1 is 0.971 bits per heavy atom. The van der Waals surface area contributed by atoms with E-state index in [0.717, 1.165) is 17.5 Å². The Kier molecular flexibility index (Phi) is 7.22. The molecule has 2 amide bonds. The van der Waals surface area contributed by atoms with Gasteiger partial charge in [-0.2, -0.15) is 0 Å². The largest absolute Gasteiger partial charge is 0.493 e. The first-order chi connectivity index (χ1) is 16.9. The van der Waals surface area contributed by atoms with Gasteiger partial charge in [0.2, 0.25) is 0 Å². The molecule has 1 aliphatic rings. The fourth-order valence-electron chi connectivity index (χ4n) is 3.57. The van der Waals surface area contributed by atoms with Crippen LogP contribution < -0.4 is 19.7 Å². The quantitative estimate of drug-likeness (QED) is 0.293. The summed E-state index contributed by atoms with van der Waals surface area (Å²) in [6.45, 7) is 2.27. The number of rotatable bonds is 7. The summed E-state index contributed by atoms with van der Waals surface area (Å²) in [6.07, 6.45) is 2.35. The fraction of sp³-hybridized carbons (Fsp3) is 0.148. The van der Waals surface area contributed by atoms with Gasteiger partial charge in [0.15, 0.2) is 16.6 Å². The number of amides is 2. The number of thiocarbonyl (C=S) groups is 1. The molecule has 0 aromatic heterocycles. The van der Waals surface area contributed by atoms with Crippen molar-refractivity contribution in [2.24, 2.45) is 0 Å². The topological polar surface area (TPSA) is 67.9 Å². The zero-order chi connectivity index (χ0) is 24.9. The molecule has 1 N–H and O–H groups in total. The van der Waals surface area contributed by atoms with Gasteiger partial charge in [-0.3, -0.25) is 19.8 Å². The molecule has 178 valence electrons. The third-order valence-electron chi connectivity index (χ3n) is 5.51. The van der Waals surface area contributed by atoms with Crippen molar-refractivity contribution in [1.29, 1.82) is 0 Å². The number of ether oxygens (including phenoxy) is 2. The lowest BCUT2D eigenvalue weighted by Gasteiger charge is -2.29. The molecular formula is C27H23FN2O4S. The first-order valence-corrected chi connectivity index (χ1v) is 11.4. The highest BCUT2D eigenvalue weighted by molar-refractivity contribution is 7.80. The normalized spacial score (nSPS) is 14.8. The predicted octanol–water partition coefficient (Wildman–Crippen LogP) is 4.81. The van der Waals surface area contributed by atoms with E-state index >= 15 is 0 Å². The molecule has 4 rings (SSSR count). The average Bonchev–Trinajstić information content (AvgIpc) is 2.86. The van der Waals surface area contributed by atoms with Crippen LogP contribution in [0.3, 0.4) is 0 Å². The van der Waals surface area contributed by atoms with Gasteiger partial charge in [0, 0.05) is 0 Å². The minimum absolute atomic E-state index is 0.0310. The number of anilines is 1. The van der Waals surface area contributed by atoms with Gasteiger partial charge in [-0.15, -0.1) is 0 Å². The van der Waals surface area contributed by atoms with Crippen molar-refractivity contribution in [3.8, 4) is 11.5 Å². The number of methoxy groups -OCH3 is 1. The molecular weight excluding hydrogens is 467 g/mol. The molecule has 1 saturated heterocycles. The SMILES string of the molecule is CCc1ccc(N2C(=O)C(=Cc3ccc(OCc4ccc(F)cc4)c(OC)c3)C(=O)NC2=S)cc1. The summed E-state index contributed by atoms with van der Waals surface area (Å²) in [5.74, 6) is -0.511. The van der Waals surface area contributed by atoms with Crippen LogP contribution in [-0.2, 0) is 22.6 Å². The van der Waals surface area contributed by atoms with Crippen molar-refractivity contribution in [2.75, 3.05) is 12.0 Å². The van der Waals surface area contributed by atoms with Crippen LogP contribution >= 0.6 is 12.2 Å². The molecule has 0 unspecified atom stereocenters. The van der Waals surface area contributed by atoms with Crippen molar-refractivity contribution >= 4 is 40.9 Å². The van der Waals surface area contributed by atoms with Crippen molar-refractivity contribution in [3.63, 3.8) is 0 Å². The predicted molar refractivity (Wildman–Crippen MR) is 136 cm³/mol. The number of aryl methyl sites for hydroxylation is 1. The lowest BCUT2D eigenvalue weighted by atomic mass is 10.1. The van der Waals surface area contributed by atoms with Crippen molar-refractivity contribution in [1.82, 2.24) is 5.32 Å². The van der Waals surface area contributed by atoms with Crippen LogP contribution in [0.4, 0.5) is 10.1 Å². The van der Waals surface area contributed by atoms with Crippen LogP contribution in [0, 0.1) is 5.82 Å². The maximum absolute atomic E-state index is 13.2. The molecule has 8 heteroatoms. The fourth-order valence-corrected chi connectivity index (χ4v) is 3.86. The Morgan fingerprint density at radius 3 is 2.31 bits per heavy atom. The smallest absolute Gasteiger partial charge is 0.270 e. The average molecular weight is 491 g/mol. The number of hydrogen-bond donors (Lipinski definition) is 1. The maximum atomic E-state index is 13.2. The van der Waals surface area contributed by atoms with Gasteiger partial charge in [0.1, 0.15) is 18.0 Å². The molecule has 1 heterocycles. The van der Waals surface area contributed by atoms with E-state index in [2.05, 4.69) is 5.32 Å². The molecule has 0 bridgehead atoms. The molecule has 3 aromatic rings. The third-order valence-corrected chi connectivity index (χ3v) is 5.80. The van der Waals surface area contributed by atoms with Crippen LogP contribution in [0.1, 0.15) is 23.6 Å². The second kappa shape index (κ2) is 10.5. The van der Waals surface area contributed by atoms with E-state index in [9.17, 15) is 14.0 Å². The summed E-state index contributed by atoms with van der Waals surface area (Å²) in [7, 11) is 1.50. The number of hydrogen-bond acceptors (Lipinski definition) is 5. The zero-order valence-corrected chi connectivity index (χ0v) is 20.0. The van der Waals surface area contributed by atoms with Gasteiger partial charge in [0.05, 0.1) is 12.8 Å². The standard InChI is InChI=1S/C27H23FN2O4S/c1-3-17-6-11-21(12-7-17)30-26(32)22(25(31)29-27(30)35)14-19-8-13-23(24(15-19)33-2)34-16-18-4-9-20(28)10-5-18/h4-15H,3,16H2,1-2H3,(H,29,31,35). The Labute approximate surface area is 208 Å². The second-order valence-electron chi connectivity index (χ2n) is 7.80. The van der Waals surface area contributed by atoms with E-state index in [-0.39, 0.29) is 23.1 Å². The summed E-state index contributed by atoms with van der Waals surface area (Å²) >= 11 is 5.26. The van der Waals surface area contributed by atoms with Gasteiger partial charge in [-0.05, 0) is 77.8 Å². The summed E-state index contributed by atoms with van der Waals surface area (Å²) in [5, 5.41) is 2.62. The molecule has 0 spiro atoms. The minimum Gasteiger partial charge on any atom is -0.493 e. The number of carbonyl (C=O) groups excluding carboxylic acids is 2. The number of nitrogens with one attached hydrogen (secondary N) is 1. The third kappa shape index (κ3) is 5.38. The first kappa shape index (κ1) is 24.1. The van der Waals surface area contributed by atoms with Crippen molar-refractivity contribution < 1.29 is 23.5 Å². The molecule has 0 atom stereocenters. The lowest BCUT2D eigenvalue weighted by Crippen LogP contribution is -2.54. The van der Waals surface area contributed by atoms with Gasteiger partial charge in [0.25, 0.3) is 11.8 Å². The number of carbonyl (C=O) groups is 2. The highest BCUT2D eigenvalue weighted by atomic mass is 32.1. The van der Waals surface area contributed by atoms with E-state index in [1.165, 1.54) is 30.2 Å². The highest BCUT2D eigenvalue weighted by Gasteiger charge is 2.34. The van der Waals surface area contributed by atoms with E-state index in [1.807, 2.05) is 19.1 Å². The second-order valence-corrected chi connectivity index (χ2v) is 8.19. The highest BCUT2D eigenvalue weighted by Crippen LogP contribution is 2.30. The Balaban J connectivity index is 1.57. The Morgan fingerprint density at radius 2 is 1.66 bits per heavy atom. The monoisotopic (exact) mass is 490 g/mol. The summed E-state index contributed by atoms with van der Waals surface area (Å²) in [5.41, 5.74) is 3.01. The van der Waals surface area contributed by atoms with E-state index < -0.39 is 11.8 Å². The summed E-state index contributed by atoms with van der Waals surface area (Å²) in [6, 6.07) is 18.5. The van der Waals surface area contributed by atoms with Gasteiger partial charge in [-0.25, -0.2) is 4.39 Å². The zero-order valence-electron chi connectivity index (χ0n) is 19.2. The minimum atomic E-state index is -0.572. The lowest BCUT2D eigenvalue weighted by molar-refractivity contribution is -0.122. The Hall–Kier alpha value is -4.04. The summed E-state index contributed by atoms with van der Waals surface area (Å²) in [4.78, 5) is 27.1. The van der Waals surface area contributed by atoms with E-state index in [4.69, 9.17) is 21.7 Å². The van der Waals surface area contributed by atoms with Gasteiger partial charge in [-0.1, -0.05) is 37.3 Å². The Bertz CT molecular complexity index is 1300. The molecule has 6 nitrogen and oxygen atoms in total. The number of halogens is 1. The van der Waals surface area contributed by atoms with Crippen LogP contribution in [0.5, 0.6) is 11.5 Å². The molecule has 0 radical (unpaired) electrons. The number of nitrogens with zero attached hydrogens (tertiary/aromatic N) is 1. The van der Waals surface area contributed by atoms with Gasteiger partial charge >= 0.3 is 0 Å². The van der Waals surface area contributed by atoms with Crippen molar-refractivity contribution in [2.45, 2.75) is 20.0 Å². The maximum Gasteiger partial charge on any atom is 0.270 e. The van der Waals surface area contributed by atoms with Crippen LogP contribution in [0.2, 0.25) is 0 Å². The summed E-state index contributed by atoms with van der Waals surface area (Å²) < 4.78 is 24.3. The first-order valence-electron chi connectivity index (χ1n) is 10.9. The van der Waals surface area contributed by atoms with Crippen LogP contribution in [0.15, 0.2) is 72.3 Å². The van der Waals surface area contributed by atoms with E-state index in [1.54, 1.807) is 42.5 Å². The number of benzene rings is 3. The molecule has 1 aliphatic heterocycles.